The van der Waals surface area contributed by atoms with Crippen LogP contribution in [0.15, 0.2) is 103 Å². The number of hydrogen-bond acceptors (Lipinski definition) is 1. The molecule has 3 aliphatic heterocycles. The van der Waals surface area contributed by atoms with E-state index in [0.717, 1.165) is 35.5 Å². The van der Waals surface area contributed by atoms with Crippen molar-refractivity contribution in [1.82, 2.24) is 4.48 Å². The second kappa shape index (κ2) is 10.6. The zero-order chi connectivity index (χ0) is 39.0. The molecule has 1 aromatic heterocycles. The van der Waals surface area contributed by atoms with Crippen LogP contribution in [0.2, 0.25) is 0 Å². The molecule has 18 rings (SSSR count). The number of hydrogen-bond donors (Lipinski definition) is 0. The lowest BCUT2D eigenvalue weighted by Crippen LogP contribution is -2.58. The fourth-order valence-electron chi connectivity index (χ4n) is 18.0. The van der Waals surface area contributed by atoms with Gasteiger partial charge in [0.2, 0.25) is 0 Å². The number of aromatic nitrogens is 1. The van der Waals surface area contributed by atoms with Crippen molar-refractivity contribution in [3.8, 4) is 11.1 Å². The zero-order valence-electron chi connectivity index (χ0n) is 35.2. The molecule has 6 aromatic carbocycles. The Kier molecular flexibility index (Phi) is 5.84. The zero-order valence-corrected chi connectivity index (χ0v) is 35.2. The first kappa shape index (κ1) is 32.9. The monoisotopic (exact) mass is 776 g/mol. The lowest BCUT2D eigenvalue weighted by molar-refractivity contribution is -0.00527. The largest absolute Gasteiger partial charge is 0.375 e. The first-order chi connectivity index (χ1) is 29.3. The highest BCUT2D eigenvalue weighted by Crippen LogP contribution is 2.64. The van der Waals surface area contributed by atoms with Crippen molar-refractivity contribution < 1.29 is 0 Å². The van der Waals surface area contributed by atoms with E-state index in [2.05, 4.69) is 126 Å². The highest BCUT2D eigenvalue weighted by molar-refractivity contribution is 6.90. The van der Waals surface area contributed by atoms with Crippen LogP contribution in [0.4, 0.5) is 17.1 Å². The minimum atomic E-state index is -0.121. The highest BCUT2D eigenvalue weighted by atomic mass is 15.2. The minimum Gasteiger partial charge on any atom is -0.375 e. The molecule has 0 N–H and O–H groups in total. The van der Waals surface area contributed by atoms with Gasteiger partial charge >= 0.3 is 6.85 Å². The Hall–Kier alpha value is -4.76. The summed E-state index contributed by atoms with van der Waals surface area (Å²) in [6, 6.07) is 42.3. The van der Waals surface area contributed by atoms with Crippen LogP contribution in [-0.2, 0) is 16.2 Å². The summed E-state index contributed by atoms with van der Waals surface area (Å²) in [4.78, 5) is 2.73. The molecule has 8 saturated carbocycles. The minimum absolute atomic E-state index is 0.0927. The molecule has 0 unspecified atom stereocenters. The first-order valence-electron chi connectivity index (χ1n) is 24.0. The second-order valence-corrected chi connectivity index (χ2v) is 22.9. The van der Waals surface area contributed by atoms with Gasteiger partial charge in [-0.15, -0.1) is 0 Å². The summed E-state index contributed by atoms with van der Waals surface area (Å²) in [5.74, 6) is 5.57. The SMILES string of the molecule is CC1(C)c2ccccc2N2c3c(cccc31)B1c3c(cc4ccccc4c32)-c2cc(C34CC5CC(CC(C5)C3)C4)cc3c4cc(C56CC7CC(CC(C7)C5)C6)ccc4n1c23. The maximum atomic E-state index is 2.88. The molecular formula is C57H53BN2. The molecule has 7 aromatic rings. The van der Waals surface area contributed by atoms with E-state index in [0.29, 0.717) is 10.8 Å². The van der Waals surface area contributed by atoms with Gasteiger partial charge in [-0.2, -0.15) is 0 Å². The fourth-order valence-corrected chi connectivity index (χ4v) is 18.0. The summed E-state index contributed by atoms with van der Waals surface area (Å²) >= 11 is 0. The maximum absolute atomic E-state index is 2.88. The number of nitrogens with zero attached hydrogens (tertiary/aromatic N) is 2. The third-order valence-corrected chi connectivity index (χ3v) is 19.4. The van der Waals surface area contributed by atoms with Crippen LogP contribution in [-0.4, -0.2) is 11.3 Å². The topological polar surface area (TPSA) is 8.17 Å². The molecule has 0 radical (unpaired) electrons. The molecule has 8 bridgehead atoms. The van der Waals surface area contributed by atoms with Crippen molar-refractivity contribution in [2.24, 2.45) is 35.5 Å². The lowest BCUT2D eigenvalue weighted by atomic mass is 9.43. The molecular weight excluding hydrogens is 723 g/mol. The molecule has 60 heavy (non-hydrogen) atoms. The molecule has 8 aliphatic carbocycles. The highest BCUT2D eigenvalue weighted by Gasteiger charge is 2.55. The Morgan fingerprint density at radius 1 is 0.517 bits per heavy atom. The van der Waals surface area contributed by atoms with Gasteiger partial charge in [0.1, 0.15) is 0 Å². The molecule has 4 heterocycles. The Bertz CT molecular complexity index is 3050. The Labute approximate surface area is 354 Å². The molecule has 0 saturated heterocycles. The lowest BCUT2D eigenvalue weighted by Gasteiger charge is -2.57. The molecule has 294 valence electrons. The van der Waals surface area contributed by atoms with Gasteiger partial charge in [-0.05, 0) is 204 Å². The van der Waals surface area contributed by atoms with Gasteiger partial charge < -0.3 is 9.38 Å². The predicted octanol–water partition coefficient (Wildman–Crippen LogP) is 12.9. The number of rotatable bonds is 2. The Balaban J connectivity index is 1.04. The van der Waals surface area contributed by atoms with E-state index >= 15 is 0 Å². The Morgan fingerprint density at radius 2 is 1.13 bits per heavy atom. The number of fused-ring (bicyclic) bond motifs is 11. The van der Waals surface area contributed by atoms with E-state index in [-0.39, 0.29) is 12.3 Å². The maximum Gasteiger partial charge on any atom is 0.333 e. The van der Waals surface area contributed by atoms with E-state index in [9.17, 15) is 0 Å². The predicted molar refractivity (Wildman–Crippen MR) is 249 cm³/mol. The molecule has 2 nitrogen and oxygen atoms in total. The third kappa shape index (κ3) is 3.85. The van der Waals surface area contributed by atoms with Gasteiger partial charge in [0, 0.05) is 43.9 Å². The van der Waals surface area contributed by atoms with Crippen LogP contribution in [0.1, 0.15) is 113 Å². The van der Waals surface area contributed by atoms with Gasteiger partial charge in [-0.25, -0.2) is 0 Å². The van der Waals surface area contributed by atoms with Crippen molar-refractivity contribution in [2.45, 2.75) is 107 Å². The van der Waals surface area contributed by atoms with Crippen LogP contribution in [0.25, 0.3) is 43.7 Å². The average Bonchev–Trinajstić information content (AvgIpc) is 3.57. The number of para-hydroxylation sites is 2. The van der Waals surface area contributed by atoms with Crippen LogP contribution < -0.4 is 15.8 Å². The van der Waals surface area contributed by atoms with Gasteiger partial charge in [0.05, 0.1) is 11.4 Å². The van der Waals surface area contributed by atoms with Crippen LogP contribution in [0.5, 0.6) is 0 Å². The average molecular weight is 777 g/mol. The molecule has 0 atom stereocenters. The molecule has 0 spiro atoms. The number of benzene rings is 6. The van der Waals surface area contributed by atoms with E-state index in [1.165, 1.54) is 160 Å². The molecule has 11 aliphatic rings. The van der Waals surface area contributed by atoms with E-state index in [1.807, 2.05) is 0 Å². The van der Waals surface area contributed by atoms with Crippen molar-refractivity contribution in [3.63, 3.8) is 0 Å². The van der Waals surface area contributed by atoms with Crippen molar-refractivity contribution in [2.75, 3.05) is 4.90 Å². The summed E-state index contributed by atoms with van der Waals surface area (Å²) in [5.41, 5.74) is 19.8. The van der Waals surface area contributed by atoms with Gasteiger partial charge in [0.25, 0.3) is 0 Å². The van der Waals surface area contributed by atoms with Crippen molar-refractivity contribution in [3.05, 3.63) is 125 Å². The normalized spacial score (nSPS) is 32.6. The Morgan fingerprint density at radius 3 is 1.85 bits per heavy atom. The standard InChI is InChI=1S/C57H53BN2/c1-55(2)46-10-5-6-13-50(46)59-53-41-9-4-3-8-38(41)22-43-45-25-40(57-29-35-19-36(30-57)21-37(20-35)31-57)24-44-42-23-39(56-26-32-16-33(27-56)18-34(17-32)28-56)14-15-49(42)60(52(44)45)58(51(43)53)48-12-7-11-47(55)54(48)59/h3-15,22-25,32-37H,16-21,26-31H2,1-2H3. The van der Waals surface area contributed by atoms with E-state index in [4.69, 9.17) is 0 Å². The van der Waals surface area contributed by atoms with Gasteiger partial charge in [-0.3, -0.25) is 0 Å². The van der Waals surface area contributed by atoms with E-state index in [1.54, 1.807) is 11.1 Å². The van der Waals surface area contributed by atoms with Gasteiger partial charge in [0.15, 0.2) is 0 Å². The quantitative estimate of drug-likeness (QED) is 0.159. The summed E-state index contributed by atoms with van der Waals surface area (Å²) in [5, 5.41) is 5.80. The van der Waals surface area contributed by atoms with Gasteiger partial charge in [-0.1, -0.05) is 80.6 Å². The number of anilines is 3. The third-order valence-electron chi connectivity index (χ3n) is 19.4. The van der Waals surface area contributed by atoms with Crippen LogP contribution >= 0.6 is 0 Å². The summed E-state index contributed by atoms with van der Waals surface area (Å²) in [6.45, 7) is 5.01. The summed E-state index contributed by atoms with van der Waals surface area (Å²) in [7, 11) is 0. The van der Waals surface area contributed by atoms with Crippen LogP contribution in [0.3, 0.4) is 0 Å². The van der Waals surface area contributed by atoms with E-state index < -0.39 is 0 Å². The van der Waals surface area contributed by atoms with Crippen molar-refractivity contribution >= 4 is 67.4 Å². The second-order valence-electron chi connectivity index (χ2n) is 22.9. The molecule has 8 fully saturated rings. The summed E-state index contributed by atoms with van der Waals surface area (Å²) in [6.07, 6.45) is 17.4. The van der Waals surface area contributed by atoms with Crippen LogP contribution in [0, 0.1) is 35.5 Å². The summed E-state index contributed by atoms with van der Waals surface area (Å²) < 4.78 is 2.88. The van der Waals surface area contributed by atoms with Crippen molar-refractivity contribution in [1.29, 1.82) is 0 Å². The smallest absolute Gasteiger partial charge is 0.333 e. The molecule has 0 amide bonds. The fraction of sp³-hybridized carbons (Fsp3) is 0.404. The first-order valence-corrected chi connectivity index (χ1v) is 24.0. The molecule has 3 heteroatoms.